The number of likely N-dealkylation sites (tertiary alicyclic amines) is 1. The van der Waals surface area contributed by atoms with Crippen molar-refractivity contribution in [3.8, 4) is 0 Å². The molecular weight excluding hydrogens is 382 g/mol. The van der Waals surface area contributed by atoms with E-state index in [1.807, 2.05) is 13.0 Å². The van der Waals surface area contributed by atoms with Crippen LogP contribution in [0, 0.1) is 13.8 Å². The number of hydrogen-bond acceptors (Lipinski definition) is 6. The summed E-state index contributed by atoms with van der Waals surface area (Å²) >= 11 is 1.66. The Hall–Kier alpha value is -2.51. The normalized spacial score (nSPS) is 18.1. The van der Waals surface area contributed by atoms with Crippen molar-refractivity contribution in [3.05, 3.63) is 52.7 Å². The van der Waals surface area contributed by atoms with Crippen LogP contribution in [0.25, 0.3) is 10.2 Å². The Labute approximate surface area is 175 Å². The van der Waals surface area contributed by atoms with Gasteiger partial charge in [0.15, 0.2) is 0 Å². The van der Waals surface area contributed by atoms with Crippen LogP contribution >= 0.6 is 11.3 Å². The molecule has 1 aliphatic rings. The third-order valence-corrected chi connectivity index (χ3v) is 6.69. The van der Waals surface area contributed by atoms with Crippen molar-refractivity contribution in [2.45, 2.75) is 45.8 Å². The standard InChI is InChI=1S/C22H27N5OS/c1-14-16(3)29-22-19(14)20(23-13-24-22)25-15(2)21(28)26-18-9-10-27(12-18)11-17-7-5-4-6-8-17/h4-8,13,15,18H,9-12H2,1-3H3,(H,26,28)(H,23,24,25). The van der Waals surface area contributed by atoms with E-state index in [-0.39, 0.29) is 18.0 Å². The first-order valence-corrected chi connectivity index (χ1v) is 10.9. The number of amides is 1. The maximum Gasteiger partial charge on any atom is 0.242 e. The van der Waals surface area contributed by atoms with Crippen LogP contribution in [0.4, 0.5) is 5.82 Å². The van der Waals surface area contributed by atoms with E-state index in [0.717, 1.165) is 42.1 Å². The number of anilines is 1. The molecule has 1 aliphatic heterocycles. The highest BCUT2D eigenvalue weighted by Crippen LogP contribution is 2.32. The predicted molar refractivity (Wildman–Crippen MR) is 118 cm³/mol. The minimum absolute atomic E-state index is 0.00734. The van der Waals surface area contributed by atoms with E-state index in [9.17, 15) is 4.79 Å². The quantitative estimate of drug-likeness (QED) is 0.652. The Morgan fingerprint density at radius 3 is 2.86 bits per heavy atom. The predicted octanol–water partition coefficient (Wildman–Crippen LogP) is 3.50. The fraction of sp³-hybridized carbons (Fsp3) is 0.409. The lowest BCUT2D eigenvalue weighted by Crippen LogP contribution is -2.44. The number of nitrogens with zero attached hydrogens (tertiary/aromatic N) is 3. The Kier molecular flexibility index (Phi) is 5.78. The first kappa shape index (κ1) is 19.8. The van der Waals surface area contributed by atoms with Crippen LogP contribution in [0.5, 0.6) is 0 Å². The molecule has 0 spiro atoms. The van der Waals surface area contributed by atoms with Crippen molar-refractivity contribution in [2.24, 2.45) is 0 Å². The summed E-state index contributed by atoms with van der Waals surface area (Å²) in [6.45, 7) is 8.86. The van der Waals surface area contributed by atoms with E-state index < -0.39 is 0 Å². The number of fused-ring (bicyclic) bond motifs is 1. The molecule has 2 N–H and O–H groups in total. The fourth-order valence-electron chi connectivity index (χ4n) is 3.82. The molecule has 1 amide bonds. The molecule has 3 heterocycles. The van der Waals surface area contributed by atoms with Crippen molar-refractivity contribution in [1.29, 1.82) is 0 Å². The second-order valence-electron chi connectivity index (χ2n) is 7.77. The largest absolute Gasteiger partial charge is 0.358 e. The molecule has 152 valence electrons. The van der Waals surface area contributed by atoms with E-state index in [4.69, 9.17) is 0 Å². The minimum atomic E-state index is -0.365. The Morgan fingerprint density at radius 2 is 2.07 bits per heavy atom. The summed E-state index contributed by atoms with van der Waals surface area (Å²) < 4.78 is 0. The topological polar surface area (TPSA) is 70.1 Å². The van der Waals surface area contributed by atoms with Crippen LogP contribution in [0.15, 0.2) is 36.7 Å². The van der Waals surface area contributed by atoms with Crippen LogP contribution in [-0.4, -0.2) is 45.9 Å². The van der Waals surface area contributed by atoms with Gasteiger partial charge in [0.1, 0.15) is 23.0 Å². The zero-order valence-electron chi connectivity index (χ0n) is 17.1. The van der Waals surface area contributed by atoms with E-state index in [0.29, 0.717) is 0 Å². The maximum atomic E-state index is 12.8. The lowest BCUT2D eigenvalue weighted by atomic mass is 10.2. The first-order chi connectivity index (χ1) is 14.0. The molecule has 1 saturated heterocycles. The number of hydrogen-bond donors (Lipinski definition) is 2. The van der Waals surface area contributed by atoms with Gasteiger partial charge in [-0.15, -0.1) is 11.3 Å². The van der Waals surface area contributed by atoms with Crippen molar-refractivity contribution in [3.63, 3.8) is 0 Å². The van der Waals surface area contributed by atoms with Crippen LogP contribution in [-0.2, 0) is 11.3 Å². The molecule has 1 aromatic carbocycles. The summed E-state index contributed by atoms with van der Waals surface area (Å²) in [4.78, 5) is 26.1. The maximum absolute atomic E-state index is 12.8. The summed E-state index contributed by atoms with van der Waals surface area (Å²) in [5.41, 5.74) is 2.48. The van der Waals surface area contributed by atoms with Gasteiger partial charge in [0, 0.05) is 30.6 Å². The van der Waals surface area contributed by atoms with Gasteiger partial charge in [0.2, 0.25) is 5.91 Å². The van der Waals surface area contributed by atoms with Gasteiger partial charge in [-0.1, -0.05) is 30.3 Å². The van der Waals surface area contributed by atoms with Gasteiger partial charge >= 0.3 is 0 Å². The summed E-state index contributed by atoms with van der Waals surface area (Å²) in [6.07, 6.45) is 2.54. The van der Waals surface area contributed by atoms with Crippen LogP contribution in [0.1, 0.15) is 29.3 Å². The van der Waals surface area contributed by atoms with Crippen molar-refractivity contribution < 1.29 is 4.79 Å². The molecule has 2 atom stereocenters. The van der Waals surface area contributed by atoms with Crippen molar-refractivity contribution in [2.75, 3.05) is 18.4 Å². The molecule has 1 fully saturated rings. The van der Waals surface area contributed by atoms with Crippen molar-refractivity contribution in [1.82, 2.24) is 20.2 Å². The second kappa shape index (κ2) is 8.47. The number of aryl methyl sites for hydroxylation is 2. The number of thiophene rings is 1. The summed E-state index contributed by atoms with van der Waals surface area (Å²) in [5.74, 6) is 0.740. The van der Waals surface area contributed by atoms with Gasteiger partial charge in [-0.25, -0.2) is 9.97 Å². The van der Waals surface area contributed by atoms with E-state index in [1.165, 1.54) is 16.0 Å². The number of benzene rings is 1. The van der Waals surface area contributed by atoms with Gasteiger partial charge in [-0.3, -0.25) is 9.69 Å². The lowest BCUT2D eigenvalue weighted by molar-refractivity contribution is -0.122. The Bertz CT molecular complexity index is 1000. The Balaban J connectivity index is 1.35. The number of carbonyl (C=O) groups is 1. The molecule has 4 rings (SSSR count). The van der Waals surface area contributed by atoms with E-state index in [2.05, 4.69) is 63.6 Å². The van der Waals surface area contributed by atoms with Gasteiger partial charge in [-0.05, 0) is 38.3 Å². The second-order valence-corrected chi connectivity index (χ2v) is 8.97. The minimum Gasteiger partial charge on any atom is -0.358 e. The zero-order valence-corrected chi connectivity index (χ0v) is 17.9. The van der Waals surface area contributed by atoms with E-state index in [1.54, 1.807) is 17.7 Å². The molecule has 3 aromatic rings. The molecule has 0 bridgehead atoms. The number of aromatic nitrogens is 2. The molecule has 2 unspecified atom stereocenters. The fourth-order valence-corrected chi connectivity index (χ4v) is 4.82. The molecule has 0 aliphatic carbocycles. The lowest BCUT2D eigenvalue weighted by Gasteiger charge is -2.20. The summed E-state index contributed by atoms with van der Waals surface area (Å²) in [5, 5.41) is 7.51. The van der Waals surface area contributed by atoms with Crippen LogP contribution < -0.4 is 10.6 Å². The number of rotatable bonds is 6. The number of carbonyl (C=O) groups excluding carboxylic acids is 1. The molecule has 2 aromatic heterocycles. The average Bonchev–Trinajstić information content (AvgIpc) is 3.27. The molecular formula is C22H27N5OS. The summed E-state index contributed by atoms with van der Waals surface area (Å²) in [7, 11) is 0. The molecule has 6 nitrogen and oxygen atoms in total. The highest BCUT2D eigenvalue weighted by Gasteiger charge is 2.26. The Morgan fingerprint density at radius 1 is 1.28 bits per heavy atom. The zero-order chi connectivity index (χ0) is 20.4. The average molecular weight is 410 g/mol. The van der Waals surface area contributed by atoms with E-state index >= 15 is 0 Å². The van der Waals surface area contributed by atoms with Gasteiger partial charge in [0.05, 0.1) is 5.39 Å². The van der Waals surface area contributed by atoms with Gasteiger partial charge < -0.3 is 10.6 Å². The smallest absolute Gasteiger partial charge is 0.242 e. The molecule has 0 radical (unpaired) electrons. The highest BCUT2D eigenvalue weighted by atomic mass is 32.1. The third kappa shape index (κ3) is 4.41. The summed E-state index contributed by atoms with van der Waals surface area (Å²) in [6, 6.07) is 10.3. The third-order valence-electron chi connectivity index (χ3n) is 5.58. The molecule has 29 heavy (non-hydrogen) atoms. The van der Waals surface area contributed by atoms with Crippen molar-refractivity contribution >= 4 is 33.3 Å². The molecule has 0 saturated carbocycles. The van der Waals surface area contributed by atoms with Gasteiger partial charge in [-0.2, -0.15) is 0 Å². The SMILES string of the molecule is Cc1sc2ncnc(NC(C)C(=O)NC3CCN(Cc4ccccc4)C3)c2c1C. The van der Waals surface area contributed by atoms with Crippen LogP contribution in [0.2, 0.25) is 0 Å². The number of nitrogens with one attached hydrogen (secondary N) is 2. The monoisotopic (exact) mass is 409 g/mol. The molecule has 7 heteroatoms. The highest BCUT2D eigenvalue weighted by molar-refractivity contribution is 7.18. The first-order valence-electron chi connectivity index (χ1n) is 10.0. The van der Waals surface area contributed by atoms with Crippen LogP contribution in [0.3, 0.4) is 0 Å². The van der Waals surface area contributed by atoms with Gasteiger partial charge in [0.25, 0.3) is 0 Å².